The van der Waals surface area contributed by atoms with E-state index in [1.54, 1.807) is 18.2 Å². The Labute approximate surface area is 128 Å². The van der Waals surface area contributed by atoms with E-state index in [0.717, 1.165) is 35.7 Å². The molecular weight excluding hydrogens is 340 g/mol. The lowest BCUT2D eigenvalue weighted by Crippen LogP contribution is -2.37. The summed E-state index contributed by atoms with van der Waals surface area (Å²) in [6.07, 6.45) is 2.99. The van der Waals surface area contributed by atoms with Crippen LogP contribution in [-0.2, 0) is 10.0 Å². The van der Waals surface area contributed by atoms with Crippen molar-refractivity contribution in [2.45, 2.75) is 43.5 Å². The predicted octanol–water partition coefficient (Wildman–Crippen LogP) is 3.12. The number of halogens is 1. The molecule has 0 unspecified atom stereocenters. The van der Waals surface area contributed by atoms with Crippen LogP contribution < -0.4 is 4.72 Å². The zero-order valence-corrected chi connectivity index (χ0v) is 13.7. The third kappa shape index (κ3) is 3.60. The van der Waals surface area contributed by atoms with Crippen molar-refractivity contribution in [3.63, 3.8) is 0 Å². The summed E-state index contributed by atoms with van der Waals surface area (Å²) in [5.74, 6) is 0.0747. The van der Waals surface area contributed by atoms with Gasteiger partial charge in [-0.1, -0.05) is 15.9 Å². The summed E-state index contributed by atoms with van der Waals surface area (Å²) in [7, 11) is -3.48. The largest absolute Gasteiger partial charge is 0.240 e. The molecule has 1 aromatic carbocycles. The molecule has 0 bridgehead atoms. The molecule has 0 aliphatic heterocycles. The summed E-state index contributed by atoms with van der Waals surface area (Å²) in [6, 6.07) is 7.19. The van der Waals surface area contributed by atoms with Gasteiger partial charge >= 0.3 is 0 Å². The first-order chi connectivity index (χ1) is 9.42. The molecular formula is C14H17BrN2O2S. The summed E-state index contributed by atoms with van der Waals surface area (Å²) in [4.78, 5) is 0.292. The molecule has 1 aliphatic rings. The average molecular weight is 357 g/mol. The van der Waals surface area contributed by atoms with Gasteiger partial charge in [-0.15, -0.1) is 0 Å². The Kier molecular flexibility index (Phi) is 4.84. The second kappa shape index (κ2) is 6.25. The zero-order valence-electron chi connectivity index (χ0n) is 11.3. The summed E-state index contributed by atoms with van der Waals surface area (Å²) < 4.78 is 28.3. The van der Waals surface area contributed by atoms with Gasteiger partial charge in [0, 0.05) is 16.4 Å². The third-order valence-electron chi connectivity index (χ3n) is 3.67. The normalized spacial score (nSPS) is 23.2. The van der Waals surface area contributed by atoms with E-state index >= 15 is 0 Å². The van der Waals surface area contributed by atoms with E-state index in [0.29, 0.717) is 4.90 Å². The van der Waals surface area contributed by atoms with Crippen LogP contribution in [0.2, 0.25) is 0 Å². The molecule has 0 radical (unpaired) electrons. The molecule has 20 heavy (non-hydrogen) atoms. The lowest BCUT2D eigenvalue weighted by Gasteiger charge is -2.25. The number of nitrogens with zero attached hydrogens (tertiary/aromatic N) is 1. The smallest absolute Gasteiger partial charge is 0.208 e. The van der Waals surface area contributed by atoms with Crippen molar-refractivity contribution in [3.05, 3.63) is 28.2 Å². The highest BCUT2D eigenvalue weighted by Gasteiger charge is 2.25. The number of nitrogens with one attached hydrogen (secondary N) is 1. The monoisotopic (exact) mass is 356 g/mol. The summed E-state index contributed by atoms with van der Waals surface area (Å²) in [5, 5.41) is 8.85. The lowest BCUT2D eigenvalue weighted by atomic mass is 9.88. The maximum Gasteiger partial charge on any atom is 0.240 e. The van der Waals surface area contributed by atoms with Gasteiger partial charge in [0.1, 0.15) is 0 Å². The molecule has 0 atom stereocenters. The number of sulfonamides is 1. The van der Waals surface area contributed by atoms with Crippen molar-refractivity contribution in [2.24, 2.45) is 5.92 Å². The highest BCUT2D eigenvalue weighted by molar-refractivity contribution is 9.10. The second-order valence-electron chi connectivity index (χ2n) is 5.21. The van der Waals surface area contributed by atoms with Gasteiger partial charge in [-0.3, -0.25) is 0 Å². The molecule has 1 saturated carbocycles. The van der Waals surface area contributed by atoms with Crippen molar-refractivity contribution in [1.29, 1.82) is 5.26 Å². The Morgan fingerprint density at radius 1 is 1.30 bits per heavy atom. The van der Waals surface area contributed by atoms with Gasteiger partial charge in [-0.2, -0.15) is 5.26 Å². The quantitative estimate of drug-likeness (QED) is 0.904. The van der Waals surface area contributed by atoms with Crippen LogP contribution in [-0.4, -0.2) is 14.5 Å². The summed E-state index contributed by atoms with van der Waals surface area (Å²) >= 11 is 3.36. The minimum atomic E-state index is -3.48. The molecule has 108 valence electrons. The van der Waals surface area contributed by atoms with Crippen LogP contribution in [0, 0.1) is 24.2 Å². The van der Waals surface area contributed by atoms with E-state index in [1.807, 2.05) is 6.92 Å². The molecule has 0 saturated heterocycles. The van der Waals surface area contributed by atoms with E-state index in [1.165, 1.54) is 0 Å². The Morgan fingerprint density at radius 3 is 2.50 bits per heavy atom. The topological polar surface area (TPSA) is 70.0 Å². The summed E-state index contributed by atoms with van der Waals surface area (Å²) in [6.45, 7) is 1.86. The highest BCUT2D eigenvalue weighted by atomic mass is 79.9. The second-order valence-corrected chi connectivity index (χ2v) is 7.78. The van der Waals surface area contributed by atoms with Crippen LogP contribution in [0.15, 0.2) is 27.6 Å². The minimum Gasteiger partial charge on any atom is -0.208 e. The molecule has 1 fully saturated rings. The van der Waals surface area contributed by atoms with Gasteiger partial charge in [0.15, 0.2) is 0 Å². The Balaban J connectivity index is 2.08. The van der Waals surface area contributed by atoms with Crippen LogP contribution in [0.4, 0.5) is 0 Å². The van der Waals surface area contributed by atoms with Gasteiger partial charge in [-0.05, 0) is 56.4 Å². The van der Waals surface area contributed by atoms with Crippen LogP contribution in [0.3, 0.4) is 0 Å². The fourth-order valence-corrected chi connectivity index (χ4v) is 4.05. The molecule has 1 aliphatic carbocycles. The van der Waals surface area contributed by atoms with E-state index in [-0.39, 0.29) is 12.0 Å². The Bertz CT molecular complexity index is 629. The van der Waals surface area contributed by atoms with Crippen LogP contribution in [0.25, 0.3) is 0 Å². The molecule has 1 N–H and O–H groups in total. The molecule has 0 aromatic heterocycles. The third-order valence-corrected chi connectivity index (χ3v) is 6.08. The molecule has 2 rings (SSSR count). The predicted molar refractivity (Wildman–Crippen MR) is 80.6 cm³/mol. The molecule has 0 heterocycles. The van der Waals surface area contributed by atoms with E-state index in [9.17, 15) is 8.42 Å². The first-order valence-electron chi connectivity index (χ1n) is 6.60. The van der Waals surface area contributed by atoms with Gasteiger partial charge < -0.3 is 0 Å². The summed E-state index contributed by atoms with van der Waals surface area (Å²) in [5.41, 5.74) is 0.890. The maximum absolute atomic E-state index is 12.3. The molecule has 6 heteroatoms. The van der Waals surface area contributed by atoms with E-state index in [4.69, 9.17) is 5.26 Å². The van der Waals surface area contributed by atoms with Gasteiger partial charge in [-0.25, -0.2) is 13.1 Å². The van der Waals surface area contributed by atoms with E-state index in [2.05, 4.69) is 26.7 Å². The van der Waals surface area contributed by atoms with Gasteiger partial charge in [0.05, 0.1) is 11.0 Å². The van der Waals surface area contributed by atoms with Crippen molar-refractivity contribution in [1.82, 2.24) is 4.72 Å². The van der Waals surface area contributed by atoms with E-state index < -0.39 is 10.0 Å². The standard InChI is InChI=1S/C14H17BrN2O2S/c1-10-8-13(6-7-14(10)15)20(18,19)17-12-4-2-11(9-16)3-5-12/h6-8,11-12,17H,2-5H2,1H3/t11-,12+. The Morgan fingerprint density at radius 2 is 1.95 bits per heavy atom. The number of aryl methyl sites for hydroxylation is 1. The molecule has 0 spiro atoms. The SMILES string of the molecule is Cc1cc(S(=O)(=O)N[C@H]2CC[C@@H](C#N)CC2)ccc1Br. The first-order valence-corrected chi connectivity index (χ1v) is 8.88. The zero-order chi connectivity index (χ0) is 14.8. The molecule has 1 aromatic rings. The average Bonchev–Trinajstić information content (AvgIpc) is 2.42. The fourth-order valence-electron chi connectivity index (χ4n) is 2.41. The lowest BCUT2D eigenvalue weighted by molar-refractivity contribution is 0.361. The number of rotatable bonds is 3. The maximum atomic E-state index is 12.3. The van der Waals surface area contributed by atoms with Crippen molar-refractivity contribution < 1.29 is 8.42 Å². The van der Waals surface area contributed by atoms with Gasteiger partial charge in [0.2, 0.25) is 10.0 Å². The highest BCUT2D eigenvalue weighted by Crippen LogP contribution is 2.25. The van der Waals surface area contributed by atoms with Crippen LogP contribution in [0.1, 0.15) is 31.2 Å². The molecule has 4 nitrogen and oxygen atoms in total. The number of hydrogen-bond donors (Lipinski definition) is 1. The minimum absolute atomic E-state index is 0.0615. The fraction of sp³-hybridized carbons (Fsp3) is 0.500. The van der Waals surface area contributed by atoms with Gasteiger partial charge in [0.25, 0.3) is 0 Å². The number of hydrogen-bond acceptors (Lipinski definition) is 3. The molecule has 0 amide bonds. The van der Waals surface area contributed by atoms with Crippen molar-refractivity contribution >= 4 is 26.0 Å². The Hall–Kier alpha value is -0.900. The number of benzene rings is 1. The first kappa shape index (κ1) is 15.5. The number of nitriles is 1. The van der Waals surface area contributed by atoms with Crippen LogP contribution >= 0.6 is 15.9 Å². The van der Waals surface area contributed by atoms with Crippen LogP contribution in [0.5, 0.6) is 0 Å². The van der Waals surface area contributed by atoms with Crippen molar-refractivity contribution in [2.75, 3.05) is 0 Å². The van der Waals surface area contributed by atoms with Crippen molar-refractivity contribution in [3.8, 4) is 6.07 Å².